The topological polar surface area (TPSA) is 91.7 Å². The van der Waals surface area contributed by atoms with Crippen molar-refractivity contribution in [1.82, 2.24) is 0 Å². The Morgan fingerprint density at radius 1 is 0.950 bits per heavy atom. The highest BCUT2D eigenvalue weighted by Crippen LogP contribution is 2.37. The Morgan fingerprint density at radius 3 is 2.35 bits per heavy atom. The number of fused-ring (bicyclic) bond motifs is 2. The largest absolute Gasteiger partial charge is 0.504 e. The molecule has 20 heavy (non-hydrogen) atoms. The first-order valence-corrected chi connectivity index (χ1v) is 7.32. The predicted molar refractivity (Wildman–Crippen MR) is 69.7 cm³/mol. The van der Waals surface area contributed by atoms with Crippen LogP contribution in [-0.4, -0.2) is 24.4 Å². The minimum absolute atomic E-state index is 0.0530. The lowest BCUT2D eigenvalue weighted by Crippen LogP contribution is -2.06. The molecule has 0 bridgehead atoms. The summed E-state index contributed by atoms with van der Waals surface area (Å²) in [5, 5.41) is 19.0. The molecule has 0 aromatic heterocycles. The van der Waals surface area contributed by atoms with Gasteiger partial charge in [0.1, 0.15) is 0 Å². The average Bonchev–Trinajstić information content (AvgIpc) is 2.48. The molecule has 0 radical (unpaired) electrons. The number of phenols is 2. The second-order valence-electron chi connectivity index (χ2n) is 4.55. The molecule has 5 nitrogen and oxygen atoms in total. The molecule has 0 atom stereocenters. The number of carbonyl (C=O) groups excluding carboxylic acids is 1. The maximum Gasteiger partial charge on any atom is 0.207 e. The smallest absolute Gasteiger partial charge is 0.207 e. The molecule has 0 unspecified atom stereocenters. The van der Waals surface area contributed by atoms with Gasteiger partial charge in [0.15, 0.2) is 17.3 Å². The quantitative estimate of drug-likeness (QED) is 0.720. The summed E-state index contributed by atoms with van der Waals surface area (Å²) in [6.07, 6.45) is -0.0629. The fourth-order valence-electron chi connectivity index (χ4n) is 2.30. The van der Waals surface area contributed by atoms with E-state index >= 15 is 0 Å². The molecule has 2 aromatic rings. The second-order valence-corrected chi connectivity index (χ2v) is 6.43. The van der Waals surface area contributed by atoms with Crippen LogP contribution >= 0.6 is 0 Å². The second kappa shape index (κ2) is 4.08. The first-order chi connectivity index (χ1) is 9.41. The van der Waals surface area contributed by atoms with Crippen molar-refractivity contribution in [3.63, 3.8) is 0 Å². The third-order valence-electron chi connectivity index (χ3n) is 3.28. The Bertz CT molecular complexity index is 837. The van der Waals surface area contributed by atoms with Gasteiger partial charge in [-0.15, -0.1) is 0 Å². The Labute approximate surface area is 115 Å². The molecular formula is C14H10O5S. The Morgan fingerprint density at radius 2 is 1.60 bits per heavy atom. The van der Waals surface area contributed by atoms with Crippen LogP contribution in [0.25, 0.3) is 0 Å². The number of aromatic hydroxyl groups is 2. The minimum atomic E-state index is -3.90. The lowest BCUT2D eigenvalue weighted by atomic mass is 10.0. The summed E-state index contributed by atoms with van der Waals surface area (Å²) < 4.78 is 25.2. The van der Waals surface area contributed by atoms with Gasteiger partial charge in [0.05, 0.1) is 9.79 Å². The summed E-state index contributed by atoms with van der Waals surface area (Å²) >= 11 is 0. The highest BCUT2D eigenvalue weighted by molar-refractivity contribution is 7.91. The van der Waals surface area contributed by atoms with Crippen molar-refractivity contribution in [3.8, 4) is 11.5 Å². The first kappa shape index (κ1) is 12.7. The highest BCUT2D eigenvalue weighted by atomic mass is 32.2. The summed E-state index contributed by atoms with van der Waals surface area (Å²) in [7, 11) is -3.90. The molecule has 1 heterocycles. The van der Waals surface area contributed by atoms with E-state index in [0.29, 0.717) is 5.56 Å². The van der Waals surface area contributed by atoms with Crippen LogP contribution < -0.4 is 0 Å². The third-order valence-corrected chi connectivity index (χ3v) is 5.17. The fraction of sp³-hybridized carbons (Fsp3) is 0.0714. The molecule has 2 N–H and O–H groups in total. The van der Waals surface area contributed by atoms with E-state index < -0.39 is 27.1 Å². The number of sulfone groups is 1. The van der Waals surface area contributed by atoms with Gasteiger partial charge in [0, 0.05) is 18.1 Å². The number of carbonyl (C=O) groups is 1. The molecule has 0 aliphatic carbocycles. The van der Waals surface area contributed by atoms with Crippen molar-refractivity contribution in [2.75, 3.05) is 0 Å². The molecule has 102 valence electrons. The van der Waals surface area contributed by atoms with E-state index in [1.165, 1.54) is 6.07 Å². The number of benzene rings is 2. The molecule has 0 spiro atoms. The van der Waals surface area contributed by atoms with Crippen molar-refractivity contribution in [2.45, 2.75) is 16.2 Å². The number of hydrogen-bond acceptors (Lipinski definition) is 5. The zero-order valence-electron chi connectivity index (χ0n) is 10.2. The average molecular weight is 290 g/mol. The minimum Gasteiger partial charge on any atom is -0.504 e. The van der Waals surface area contributed by atoms with Gasteiger partial charge in [0.2, 0.25) is 9.84 Å². The molecule has 1 aliphatic heterocycles. The van der Waals surface area contributed by atoms with E-state index in [0.717, 1.165) is 12.1 Å². The monoisotopic (exact) mass is 290 g/mol. The van der Waals surface area contributed by atoms with Crippen LogP contribution in [0.3, 0.4) is 0 Å². The van der Waals surface area contributed by atoms with Gasteiger partial charge in [-0.1, -0.05) is 18.2 Å². The lowest BCUT2D eigenvalue weighted by molar-refractivity contribution is 0.0989. The normalized spacial score (nSPS) is 16.1. The van der Waals surface area contributed by atoms with Crippen molar-refractivity contribution in [3.05, 3.63) is 47.5 Å². The molecular weight excluding hydrogens is 280 g/mol. The van der Waals surface area contributed by atoms with Crippen molar-refractivity contribution in [2.24, 2.45) is 0 Å². The van der Waals surface area contributed by atoms with E-state index in [1.807, 2.05) is 0 Å². The number of ketones is 1. The zero-order chi connectivity index (χ0) is 14.5. The molecule has 2 aromatic carbocycles. The van der Waals surface area contributed by atoms with Crippen LogP contribution in [0.5, 0.6) is 11.5 Å². The van der Waals surface area contributed by atoms with Crippen LogP contribution in [0.4, 0.5) is 0 Å². The van der Waals surface area contributed by atoms with E-state index in [-0.39, 0.29) is 21.8 Å². The maximum absolute atomic E-state index is 12.6. The van der Waals surface area contributed by atoms with Gasteiger partial charge in [-0.2, -0.15) is 0 Å². The number of rotatable bonds is 0. The van der Waals surface area contributed by atoms with Crippen LogP contribution in [-0.2, 0) is 16.3 Å². The maximum atomic E-state index is 12.6. The Hall–Kier alpha value is -2.34. The van der Waals surface area contributed by atoms with Gasteiger partial charge in [-0.05, 0) is 17.7 Å². The summed E-state index contributed by atoms with van der Waals surface area (Å²) in [6.45, 7) is 0. The van der Waals surface area contributed by atoms with Crippen LogP contribution in [0.15, 0.2) is 46.2 Å². The standard InChI is InChI=1S/C14H10O5S/c15-10-5-8-3-1-2-4-13(8)20(18,19)14-7-12(17)11(16)6-9(10)14/h1-4,6-7,16-17H,5H2. The Kier molecular flexibility index (Phi) is 2.58. The molecule has 0 amide bonds. The fourth-order valence-corrected chi connectivity index (χ4v) is 4.01. The molecule has 1 aliphatic rings. The summed E-state index contributed by atoms with van der Waals surface area (Å²) in [6, 6.07) is 8.16. The summed E-state index contributed by atoms with van der Waals surface area (Å²) in [5.41, 5.74) is 0.309. The van der Waals surface area contributed by atoms with Crippen LogP contribution in [0.1, 0.15) is 15.9 Å². The lowest BCUT2D eigenvalue weighted by Gasteiger charge is -2.08. The first-order valence-electron chi connectivity index (χ1n) is 5.83. The van der Waals surface area contributed by atoms with Crippen LogP contribution in [0, 0.1) is 0 Å². The van der Waals surface area contributed by atoms with E-state index in [4.69, 9.17) is 0 Å². The van der Waals surface area contributed by atoms with Gasteiger partial charge in [0.25, 0.3) is 0 Å². The van der Waals surface area contributed by atoms with Crippen molar-refractivity contribution in [1.29, 1.82) is 0 Å². The van der Waals surface area contributed by atoms with Crippen molar-refractivity contribution >= 4 is 15.6 Å². The van der Waals surface area contributed by atoms with Crippen LogP contribution in [0.2, 0.25) is 0 Å². The van der Waals surface area contributed by atoms with Crippen molar-refractivity contribution < 1.29 is 23.4 Å². The molecule has 0 fully saturated rings. The van der Waals surface area contributed by atoms with Gasteiger partial charge in [-0.3, -0.25) is 4.79 Å². The SMILES string of the molecule is O=C1Cc2ccccc2S(=O)(=O)c2cc(O)c(O)cc21. The third kappa shape index (κ3) is 1.69. The molecule has 6 heteroatoms. The van der Waals surface area contributed by atoms with E-state index in [2.05, 4.69) is 0 Å². The summed E-state index contributed by atoms with van der Waals surface area (Å²) in [4.78, 5) is 11.9. The zero-order valence-corrected chi connectivity index (χ0v) is 11.0. The van der Waals surface area contributed by atoms with E-state index in [9.17, 15) is 23.4 Å². The molecule has 0 saturated carbocycles. The molecule has 3 rings (SSSR count). The summed E-state index contributed by atoms with van der Waals surface area (Å²) in [5.74, 6) is -1.50. The number of phenolic OH excluding ortho intramolecular Hbond substituents is 2. The van der Waals surface area contributed by atoms with Gasteiger partial charge in [-0.25, -0.2) is 8.42 Å². The van der Waals surface area contributed by atoms with Gasteiger partial charge < -0.3 is 10.2 Å². The number of Topliss-reactive ketones (excluding diaryl/α,β-unsaturated/α-hetero) is 1. The predicted octanol–water partition coefficient (Wildman–Crippen LogP) is 1.67. The number of hydrogen-bond donors (Lipinski definition) is 2. The Balaban J connectivity index is 2.43. The van der Waals surface area contributed by atoms with Gasteiger partial charge >= 0.3 is 0 Å². The van der Waals surface area contributed by atoms with E-state index in [1.54, 1.807) is 18.2 Å². The highest BCUT2D eigenvalue weighted by Gasteiger charge is 2.32. The molecule has 0 saturated heterocycles.